The Morgan fingerprint density at radius 3 is 3.00 bits per heavy atom. The largest absolute Gasteiger partial charge is 0.393 e. The van der Waals surface area contributed by atoms with Crippen LogP contribution in [0.1, 0.15) is 25.1 Å². The number of likely N-dealkylation sites (tertiary alicyclic amines) is 1. The molecule has 0 aromatic carbocycles. The Hall–Kier alpha value is -0.970. The van der Waals surface area contributed by atoms with Crippen molar-refractivity contribution < 1.29 is 5.11 Å². The van der Waals surface area contributed by atoms with Crippen LogP contribution in [0.25, 0.3) is 0 Å². The zero-order chi connectivity index (χ0) is 12.3. The second-order valence-electron chi connectivity index (χ2n) is 4.83. The lowest BCUT2D eigenvalue weighted by Gasteiger charge is -2.38. The van der Waals surface area contributed by atoms with E-state index >= 15 is 0 Å². The SMILES string of the molecule is CC1CN(C(CN)c2ccccn2)CCC1O. The van der Waals surface area contributed by atoms with Crippen molar-refractivity contribution >= 4 is 0 Å². The quantitative estimate of drug-likeness (QED) is 0.813. The van der Waals surface area contributed by atoms with Crippen LogP contribution in [-0.4, -0.2) is 40.7 Å². The van der Waals surface area contributed by atoms with Gasteiger partial charge in [0, 0.05) is 25.8 Å². The fourth-order valence-corrected chi connectivity index (χ4v) is 2.48. The molecule has 0 aliphatic carbocycles. The van der Waals surface area contributed by atoms with Gasteiger partial charge in [-0.15, -0.1) is 0 Å². The van der Waals surface area contributed by atoms with Gasteiger partial charge in [0.1, 0.15) is 0 Å². The third-order valence-electron chi connectivity index (χ3n) is 3.58. The Bertz CT molecular complexity index is 344. The molecule has 1 aliphatic rings. The summed E-state index contributed by atoms with van der Waals surface area (Å²) in [7, 11) is 0. The van der Waals surface area contributed by atoms with Crippen LogP contribution in [0, 0.1) is 5.92 Å². The molecule has 3 N–H and O–H groups in total. The molecular weight excluding hydrogens is 214 g/mol. The average molecular weight is 235 g/mol. The van der Waals surface area contributed by atoms with E-state index in [9.17, 15) is 5.11 Å². The van der Waals surface area contributed by atoms with Gasteiger partial charge in [-0.3, -0.25) is 9.88 Å². The van der Waals surface area contributed by atoms with Crippen LogP contribution in [0.15, 0.2) is 24.4 Å². The lowest BCUT2D eigenvalue weighted by molar-refractivity contribution is 0.0174. The third kappa shape index (κ3) is 2.83. The Morgan fingerprint density at radius 1 is 1.59 bits per heavy atom. The topological polar surface area (TPSA) is 62.4 Å². The predicted octanol–water partition coefficient (Wildman–Crippen LogP) is 0.784. The van der Waals surface area contributed by atoms with Gasteiger partial charge >= 0.3 is 0 Å². The molecule has 94 valence electrons. The number of nitrogens with two attached hydrogens (primary N) is 1. The van der Waals surface area contributed by atoms with E-state index in [1.54, 1.807) is 6.20 Å². The number of rotatable bonds is 3. The summed E-state index contributed by atoms with van der Waals surface area (Å²) in [5, 5.41) is 9.75. The van der Waals surface area contributed by atoms with Crippen molar-refractivity contribution in [1.82, 2.24) is 9.88 Å². The maximum absolute atomic E-state index is 9.75. The van der Waals surface area contributed by atoms with Crippen molar-refractivity contribution in [2.24, 2.45) is 11.7 Å². The van der Waals surface area contributed by atoms with Crippen molar-refractivity contribution in [3.8, 4) is 0 Å². The van der Waals surface area contributed by atoms with Crippen LogP contribution in [0.2, 0.25) is 0 Å². The molecule has 3 atom stereocenters. The highest BCUT2D eigenvalue weighted by atomic mass is 16.3. The molecule has 3 unspecified atom stereocenters. The van der Waals surface area contributed by atoms with Crippen LogP contribution in [-0.2, 0) is 0 Å². The summed E-state index contributed by atoms with van der Waals surface area (Å²) in [5.41, 5.74) is 6.90. The minimum absolute atomic E-state index is 0.172. The molecule has 1 aliphatic heterocycles. The normalized spacial score (nSPS) is 27.9. The van der Waals surface area contributed by atoms with E-state index in [1.807, 2.05) is 18.2 Å². The lowest BCUT2D eigenvalue weighted by atomic mass is 9.95. The molecule has 0 amide bonds. The number of piperidine rings is 1. The van der Waals surface area contributed by atoms with Gasteiger partial charge in [0.2, 0.25) is 0 Å². The molecule has 0 spiro atoms. The maximum Gasteiger partial charge on any atom is 0.0644 e. The molecule has 17 heavy (non-hydrogen) atoms. The molecule has 0 saturated carbocycles. The first kappa shape index (κ1) is 12.5. The highest BCUT2D eigenvalue weighted by Gasteiger charge is 2.29. The maximum atomic E-state index is 9.75. The summed E-state index contributed by atoms with van der Waals surface area (Å²) < 4.78 is 0. The Kier molecular flexibility index (Phi) is 4.10. The molecular formula is C13H21N3O. The number of nitrogens with zero attached hydrogens (tertiary/aromatic N) is 2. The van der Waals surface area contributed by atoms with Gasteiger partial charge in [0.05, 0.1) is 17.8 Å². The van der Waals surface area contributed by atoms with Crippen molar-refractivity contribution in [3.63, 3.8) is 0 Å². The smallest absolute Gasteiger partial charge is 0.0644 e. The van der Waals surface area contributed by atoms with E-state index < -0.39 is 0 Å². The van der Waals surface area contributed by atoms with E-state index in [0.29, 0.717) is 12.5 Å². The summed E-state index contributed by atoms with van der Waals surface area (Å²) in [5.74, 6) is 0.307. The van der Waals surface area contributed by atoms with Crippen LogP contribution in [0.4, 0.5) is 0 Å². The van der Waals surface area contributed by atoms with Crippen molar-refractivity contribution in [2.45, 2.75) is 25.5 Å². The van der Waals surface area contributed by atoms with Gasteiger partial charge in [-0.05, 0) is 24.5 Å². The molecule has 0 bridgehead atoms. The van der Waals surface area contributed by atoms with Crippen LogP contribution in [0.5, 0.6) is 0 Å². The first-order valence-electron chi connectivity index (χ1n) is 6.25. The first-order chi connectivity index (χ1) is 8.22. The first-order valence-corrected chi connectivity index (χ1v) is 6.25. The third-order valence-corrected chi connectivity index (χ3v) is 3.58. The van der Waals surface area contributed by atoms with Crippen LogP contribution >= 0.6 is 0 Å². The van der Waals surface area contributed by atoms with Gasteiger partial charge < -0.3 is 10.8 Å². The second kappa shape index (κ2) is 5.58. The Labute approximate surface area is 102 Å². The zero-order valence-corrected chi connectivity index (χ0v) is 10.3. The second-order valence-corrected chi connectivity index (χ2v) is 4.83. The highest BCUT2D eigenvalue weighted by molar-refractivity contribution is 5.10. The van der Waals surface area contributed by atoms with Crippen molar-refractivity contribution in [1.29, 1.82) is 0 Å². The molecule has 1 aromatic rings. The summed E-state index contributed by atoms with van der Waals surface area (Å²) in [6.07, 6.45) is 2.46. The van der Waals surface area contributed by atoms with E-state index in [-0.39, 0.29) is 12.1 Å². The van der Waals surface area contributed by atoms with Crippen molar-refractivity contribution in [3.05, 3.63) is 30.1 Å². The molecule has 4 nitrogen and oxygen atoms in total. The summed E-state index contributed by atoms with van der Waals surface area (Å²) in [6.45, 7) is 4.44. The van der Waals surface area contributed by atoms with Gasteiger partial charge in [-0.1, -0.05) is 13.0 Å². The van der Waals surface area contributed by atoms with Gasteiger partial charge in [0.15, 0.2) is 0 Å². The minimum atomic E-state index is -0.173. The molecule has 2 rings (SSSR count). The molecule has 0 radical (unpaired) electrons. The number of aromatic nitrogens is 1. The number of hydrogen-bond donors (Lipinski definition) is 2. The monoisotopic (exact) mass is 235 g/mol. The molecule has 4 heteroatoms. The van der Waals surface area contributed by atoms with Gasteiger partial charge in [-0.2, -0.15) is 0 Å². The fraction of sp³-hybridized carbons (Fsp3) is 0.615. The standard InChI is InChI=1S/C13H21N3O/c1-10-9-16(7-5-13(10)17)12(8-14)11-4-2-3-6-15-11/h2-4,6,10,12-13,17H,5,7-9,14H2,1H3. The fourth-order valence-electron chi connectivity index (χ4n) is 2.48. The van der Waals surface area contributed by atoms with E-state index in [4.69, 9.17) is 5.73 Å². The van der Waals surface area contributed by atoms with Crippen LogP contribution in [0.3, 0.4) is 0 Å². The Morgan fingerprint density at radius 2 is 2.41 bits per heavy atom. The summed E-state index contributed by atoms with van der Waals surface area (Å²) in [4.78, 5) is 6.72. The summed E-state index contributed by atoms with van der Waals surface area (Å²) >= 11 is 0. The predicted molar refractivity (Wildman–Crippen MR) is 67.4 cm³/mol. The van der Waals surface area contributed by atoms with Gasteiger partial charge in [0.25, 0.3) is 0 Å². The number of aliphatic hydroxyl groups excluding tert-OH is 1. The molecule has 1 fully saturated rings. The molecule has 1 saturated heterocycles. The molecule has 1 aromatic heterocycles. The minimum Gasteiger partial charge on any atom is -0.393 e. The Balaban J connectivity index is 2.09. The highest BCUT2D eigenvalue weighted by Crippen LogP contribution is 2.25. The van der Waals surface area contributed by atoms with E-state index in [1.165, 1.54) is 0 Å². The number of aliphatic hydroxyl groups is 1. The molecule has 2 heterocycles. The van der Waals surface area contributed by atoms with E-state index in [2.05, 4.69) is 16.8 Å². The summed E-state index contributed by atoms with van der Waals surface area (Å²) in [6, 6.07) is 6.10. The lowest BCUT2D eigenvalue weighted by Crippen LogP contribution is -2.45. The zero-order valence-electron chi connectivity index (χ0n) is 10.3. The van der Waals surface area contributed by atoms with Crippen LogP contribution < -0.4 is 5.73 Å². The average Bonchev–Trinajstić information content (AvgIpc) is 2.36. The van der Waals surface area contributed by atoms with Crippen molar-refractivity contribution in [2.75, 3.05) is 19.6 Å². The number of hydrogen-bond acceptors (Lipinski definition) is 4. The van der Waals surface area contributed by atoms with E-state index in [0.717, 1.165) is 25.2 Å². The van der Waals surface area contributed by atoms with Gasteiger partial charge in [-0.25, -0.2) is 0 Å². The number of pyridine rings is 1.